The molecule has 0 aliphatic heterocycles. The second-order valence-electron chi connectivity index (χ2n) is 6.04. The lowest BCUT2D eigenvalue weighted by molar-refractivity contribution is 1.08. The van der Waals surface area contributed by atoms with Crippen molar-refractivity contribution in [2.75, 3.05) is 0 Å². The van der Waals surface area contributed by atoms with Gasteiger partial charge in [-0.3, -0.25) is 4.57 Å². The molecular formula is C23H20N2. The van der Waals surface area contributed by atoms with E-state index in [0.717, 1.165) is 12.2 Å². The SMILES string of the molecule is C=C/C(=C\CC)c1ccc2c(c1)c1ccccc1n2-c1ccccn1. The summed E-state index contributed by atoms with van der Waals surface area (Å²) in [6, 6.07) is 21.1. The molecule has 0 radical (unpaired) electrons. The third kappa shape index (κ3) is 2.56. The number of rotatable bonds is 4. The van der Waals surface area contributed by atoms with E-state index >= 15 is 0 Å². The van der Waals surface area contributed by atoms with E-state index in [1.165, 1.54) is 32.9 Å². The van der Waals surface area contributed by atoms with Crippen molar-refractivity contribution in [3.05, 3.63) is 91.2 Å². The molecule has 0 fully saturated rings. The monoisotopic (exact) mass is 324 g/mol. The number of nitrogens with zero attached hydrogens (tertiary/aromatic N) is 2. The van der Waals surface area contributed by atoms with Gasteiger partial charge in [-0.25, -0.2) is 4.98 Å². The minimum atomic E-state index is 0.939. The number of hydrogen-bond donors (Lipinski definition) is 0. The van der Waals surface area contributed by atoms with Crippen LogP contribution in [0.4, 0.5) is 0 Å². The van der Waals surface area contributed by atoms with Crippen LogP contribution in [0.3, 0.4) is 0 Å². The fourth-order valence-corrected chi connectivity index (χ4v) is 3.42. The molecule has 4 rings (SSSR count). The average Bonchev–Trinajstić information content (AvgIpc) is 3.00. The van der Waals surface area contributed by atoms with Gasteiger partial charge in [0.1, 0.15) is 5.82 Å². The molecule has 2 heterocycles. The second kappa shape index (κ2) is 6.40. The van der Waals surface area contributed by atoms with Gasteiger partial charge in [-0.05, 0) is 47.9 Å². The van der Waals surface area contributed by atoms with Crippen molar-refractivity contribution in [2.24, 2.45) is 0 Å². The summed E-state index contributed by atoms with van der Waals surface area (Å²) in [6.07, 6.45) is 6.98. The number of para-hydroxylation sites is 1. The van der Waals surface area contributed by atoms with Gasteiger partial charge in [0.05, 0.1) is 11.0 Å². The summed E-state index contributed by atoms with van der Waals surface area (Å²) in [6.45, 7) is 6.12. The molecule has 0 spiro atoms. The van der Waals surface area contributed by atoms with E-state index in [0.29, 0.717) is 0 Å². The van der Waals surface area contributed by atoms with E-state index < -0.39 is 0 Å². The largest absolute Gasteiger partial charge is 0.294 e. The second-order valence-corrected chi connectivity index (χ2v) is 6.04. The van der Waals surface area contributed by atoms with E-state index in [-0.39, 0.29) is 0 Å². The molecule has 25 heavy (non-hydrogen) atoms. The highest BCUT2D eigenvalue weighted by molar-refractivity contribution is 6.10. The van der Waals surface area contributed by atoms with Crippen LogP contribution in [0.1, 0.15) is 18.9 Å². The van der Waals surface area contributed by atoms with Crippen molar-refractivity contribution in [1.82, 2.24) is 9.55 Å². The zero-order valence-corrected chi connectivity index (χ0v) is 14.3. The van der Waals surface area contributed by atoms with Crippen molar-refractivity contribution in [1.29, 1.82) is 0 Å². The van der Waals surface area contributed by atoms with Gasteiger partial charge < -0.3 is 0 Å². The Hall–Kier alpha value is -3.13. The van der Waals surface area contributed by atoms with Crippen LogP contribution < -0.4 is 0 Å². The molecule has 122 valence electrons. The molecule has 0 atom stereocenters. The van der Waals surface area contributed by atoms with Crippen LogP contribution in [-0.2, 0) is 0 Å². The van der Waals surface area contributed by atoms with Gasteiger partial charge in [-0.15, -0.1) is 0 Å². The standard InChI is InChI=1S/C23H20N2/c1-3-9-17(4-2)18-13-14-22-20(16-18)19-10-5-6-11-21(19)25(22)23-12-7-8-15-24-23/h4-16H,2-3H2,1H3/b17-9+. The summed E-state index contributed by atoms with van der Waals surface area (Å²) in [7, 11) is 0. The summed E-state index contributed by atoms with van der Waals surface area (Å²) >= 11 is 0. The highest BCUT2D eigenvalue weighted by atomic mass is 15.1. The third-order valence-electron chi connectivity index (χ3n) is 4.53. The Kier molecular flexibility index (Phi) is 3.95. The van der Waals surface area contributed by atoms with Crippen molar-refractivity contribution in [3.8, 4) is 5.82 Å². The third-order valence-corrected chi connectivity index (χ3v) is 4.53. The van der Waals surface area contributed by atoms with Crippen molar-refractivity contribution in [2.45, 2.75) is 13.3 Å². The minimum absolute atomic E-state index is 0.939. The molecule has 2 aromatic carbocycles. The molecule has 2 aromatic heterocycles. The molecule has 0 aliphatic carbocycles. The van der Waals surface area contributed by atoms with Crippen LogP contribution in [0.5, 0.6) is 0 Å². The Morgan fingerprint density at radius 3 is 2.56 bits per heavy atom. The first-order chi connectivity index (χ1) is 12.3. The fourth-order valence-electron chi connectivity index (χ4n) is 3.42. The summed E-state index contributed by atoms with van der Waals surface area (Å²) in [5.41, 5.74) is 4.73. The van der Waals surface area contributed by atoms with Gasteiger partial charge in [0.25, 0.3) is 0 Å². The van der Waals surface area contributed by atoms with Crippen LogP contribution in [-0.4, -0.2) is 9.55 Å². The lowest BCUT2D eigenvalue weighted by atomic mass is 10.0. The lowest BCUT2D eigenvalue weighted by Crippen LogP contribution is -1.96. The van der Waals surface area contributed by atoms with Crippen LogP contribution in [0.25, 0.3) is 33.2 Å². The van der Waals surface area contributed by atoms with Gasteiger partial charge in [0, 0.05) is 17.0 Å². The molecule has 4 aromatic rings. The molecule has 0 N–H and O–H groups in total. The lowest BCUT2D eigenvalue weighted by Gasteiger charge is -2.07. The van der Waals surface area contributed by atoms with E-state index in [1.807, 2.05) is 30.5 Å². The van der Waals surface area contributed by atoms with Crippen molar-refractivity contribution < 1.29 is 0 Å². The number of pyridine rings is 1. The van der Waals surface area contributed by atoms with Gasteiger partial charge in [0.2, 0.25) is 0 Å². The smallest absolute Gasteiger partial charge is 0.137 e. The first-order valence-electron chi connectivity index (χ1n) is 8.61. The average molecular weight is 324 g/mol. The van der Waals surface area contributed by atoms with E-state index in [2.05, 4.69) is 71.6 Å². The number of allylic oxidation sites excluding steroid dienone is 3. The highest BCUT2D eigenvalue weighted by Gasteiger charge is 2.13. The number of aromatic nitrogens is 2. The van der Waals surface area contributed by atoms with Gasteiger partial charge in [-0.1, -0.05) is 56.0 Å². The maximum atomic E-state index is 4.56. The molecule has 0 saturated heterocycles. The summed E-state index contributed by atoms with van der Waals surface area (Å²) in [4.78, 5) is 4.56. The fraction of sp³-hybridized carbons (Fsp3) is 0.0870. The summed E-state index contributed by atoms with van der Waals surface area (Å²) in [5.74, 6) is 0.939. The van der Waals surface area contributed by atoms with Crippen LogP contribution >= 0.6 is 0 Å². The quantitative estimate of drug-likeness (QED) is 0.411. The maximum Gasteiger partial charge on any atom is 0.137 e. The summed E-state index contributed by atoms with van der Waals surface area (Å²) in [5, 5.41) is 2.48. The molecule has 0 amide bonds. The van der Waals surface area contributed by atoms with Crippen LogP contribution in [0.15, 0.2) is 85.6 Å². The normalized spacial score (nSPS) is 12.0. The Bertz CT molecular complexity index is 1090. The first kappa shape index (κ1) is 15.4. The molecular weight excluding hydrogens is 304 g/mol. The number of benzene rings is 2. The van der Waals surface area contributed by atoms with Crippen LogP contribution in [0, 0.1) is 0 Å². The molecule has 0 aliphatic rings. The first-order valence-corrected chi connectivity index (χ1v) is 8.61. The topological polar surface area (TPSA) is 17.8 Å². The predicted octanol–water partition coefficient (Wildman–Crippen LogP) is 6.16. The highest BCUT2D eigenvalue weighted by Crippen LogP contribution is 2.33. The van der Waals surface area contributed by atoms with Gasteiger partial charge in [-0.2, -0.15) is 0 Å². The molecule has 2 heteroatoms. The minimum Gasteiger partial charge on any atom is -0.294 e. The van der Waals surface area contributed by atoms with E-state index in [4.69, 9.17) is 0 Å². The Balaban J connectivity index is 2.06. The van der Waals surface area contributed by atoms with Crippen molar-refractivity contribution >= 4 is 27.4 Å². The molecule has 0 saturated carbocycles. The van der Waals surface area contributed by atoms with Crippen LogP contribution in [0.2, 0.25) is 0 Å². The maximum absolute atomic E-state index is 4.56. The predicted molar refractivity (Wildman–Crippen MR) is 107 cm³/mol. The number of fused-ring (bicyclic) bond motifs is 3. The number of hydrogen-bond acceptors (Lipinski definition) is 1. The van der Waals surface area contributed by atoms with Crippen molar-refractivity contribution in [3.63, 3.8) is 0 Å². The molecule has 0 bridgehead atoms. The van der Waals surface area contributed by atoms with Gasteiger partial charge >= 0.3 is 0 Å². The summed E-state index contributed by atoms with van der Waals surface area (Å²) < 4.78 is 2.23. The zero-order chi connectivity index (χ0) is 17.2. The Labute approximate surface area is 147 Å². The Morgan fingerprint density at radius 1 is 1.00 bits per heavy atom. The zero-order valence-electron chi connectivity index (χ0n) is 14.3. The van der Waals surface area contributed by atoms with E-state index in [9.17, 15) is 0 Å². The molecule has 0 unspecified atom stereocenters. The Morgan fingerprint density at radius 2 is 1.80 bits per heavy atom. The molecule has 2 nitrogen and oxygen atoms in total. The van der Waals surface area contributed by atoms with E-state index in [1.54, 1.807) is 0 Å². The van der Waals surface area contributed by atoms with Gasteiger partial charge in [0.15, 0.2) is 0 Å².